The molecule has 0 aliphatic carbocycles. The molecule has 0 aromatic carbocycles. The van der Waals surface area contributed by atoms with Crippen LogP contribution in [0.1, 0.15) is 6.42 Å². The molecule has 1 saturated heterocycles. The van der Waals surface area contributed by atoms with E-state index in [-0.39, 0.29) is 30.0 Å². The second kappa shape index (κ2) is 6.41. The zero-order valence-corrected chi connectivity index (χ0v) is 12.5. The van der Waals surface area contributed by atoms with Crippen LogP contribution in [-0.4, -0.2) is 61.5 Å². The van der Waals surface area contributed by atoms with Gasteiger partial charge in [-0.05, 0) is 25.6 Å². The molecule has 0 saturated carbocycles. The standard InChI is InChI=1S/C13H21N3O3S/c1-15(12-4-9-20(18,19)11-12)10-13(17)14-5-8-16-6-2-3-7-16/h2-3,6-7,12H,4-5,8-11H2,1H3,(H,14,17)/t12-/m1/s1. The van der Waals surface area contributed by atoms with Crippen molar-refractivity contribution in [1.82, 2.24) is 14.8 Å². The maximum Gasteiger partial charge on any atom is 0.234 e. The van der Waals surface area contributed by atoms with Gasteiger partial charge in [0.15, 0.2) is 9.84 Å². The normalized spacial score (nSPS) is 21.2. The van der Waals surface area contributed by atoms with Gasteiger partial charge in [0.25, 0.3) is 0 Å². The van der Waals surface area contributed by atoms with Crippen LogP contribution in [0.15, 0.2) is 24.5 Å². The first-order chi connectivity index (χ1) is 9.46. The van der Waals surface area contributed by atoms with Gasteiger partial charge in [-0.2, -0.15) is 0 Å². The molecular weight excluding hydrogens is 278 g/mol. The van der Waals surface area contributed by atoms with Gasteiger partial charge in [0.2, 0.25) is 5.91 Å². The second-order valence-electron chi connectivity index (χ2n) is 5.24. The van der Waals surface area contributed by atoms with Gasteiger partial charge in [-0.25, -0.2) is 8.42 Å². The predicted octanol–water partition coefficient (Wildman–Crippen LogP) is -0.277. The Labute approximate surface area is 119 Å². The number of hydrogen-bond donors (Lipinski definition) is 1. The highest BCUT2D eigenvalue weighted by Crippen LogP contribution is 2.15. The van der Waals surface area contributed by atoms with Gasteiger partial charge < -0.3 is 9.88 Å². The van der Waals surface area contributed by atoms with Crippen LogP contribution >= 0.6 is 0 Å². The number of rotatable bonds is 6. The fourth-order valence-corrected chi connectivity index (χ4v) is 4.18. The monoisotopic (exact) mass is 299 g/mol. The summed E-state index contributed by atoms with van der Waals surface area (Å²) < 4.78 is 24.8. The maximum absolute atomic E-state index is 11.8. The Morgan fingerprint density at radius 3 is 2.70 bits per heavy atom. The zero-order chi connectivity index (χ0) is 14.6. The topological polar surface area (TPSA) is 71.4 Å². The number of hydrogen-bond acceptors (Lipinski definition) is 4. The average Bonchev–Trinajstić information content (AvgIpc) is 2.98. The molecule has 1 aromatic heterocycles. The van der Waals surface area contributed by atoms with Crippen molar-refractivity contribution in [2.75, 3.05) is 31.6 Å². The van der Waals surface area contributed by atoms with E-state index in [1.165, 1.54) is 0 Å². The lowest BCUT2D eigenvalue weighted by atomic mass is 10.2. The zero-order valence-electron chi connectivity index (χ0n) is 11.7. The minimum Gasteiger partial charge on any atom is -0.353 e. The third-order valence-corrected chi connectivity index (χ3v) is 5.33. The Bertz CT molecular complexity index is 539. The Kier molecular flexibility index (Phi) is 4.82. The van der Waals surface area contributed by atoms with Gasteiger partial charge in [0.05, 0.1) is 18.1 Å². The van der Waals surface area contributed by atoms with Gasteiger partial charge in [-0.3, -0.25) is 9.69 Å². The van der Waals surface area contributed by atoms with E-state index in [0.717, 1.165) is 6.54 Å². The molecule has 1 amide bonds. The Morgan fingerprint density at radius 2 is 2.10 bits per heavy atom. The minimum atomic E-state index is -2.90. The van der Waals surface area contributed by atoms with Crippen LogP contribution in [0.5, 0.6) is 0 Å². The van der Waals surface area contributed by atoms with Gasteiger partial charge in [0.1, 0.15) is 0 Å². The first-order valence-electron chi connectivity index (χ1n) is 6.74. The van der Waals surface area contributed by atoms with Gasteiger partial charge in [-0.15, -0.1) is 0 Å². The Hall–Kier alpha value is -1.34. The smallest absolute Gasteiger partial charge is 0.234 e. The molecule has 1 aliphatic heterocycles. The predicted molar refractivity (Wildman–Crippen MR) is 77.1 cm³/mol. The van der Waals surface area contributed by atoms with Crippen molar-refractivity contribution >= 4 is 15.7 Å². The van der Waals surface area contributed by atoms with E-state index in [1.54, 1.807) is 7.05 Å². The number of aromatic nitrogens is 1. The minimum absolute atomic E-state index is 0.0322. The van der Waals surface area contributed by atoms with E-state index >= 15 is 0 Å². The van der Waals surface area contributed by atoms with Crippen LogP contribution in [0.25, 0.3) is 0 Å². The second-order valence-corrected chi connectivity index (χ2v) is 7.47. The van der Waals surface area contributed by atoms with Crippen LogP contribution in [-0.2, 0) is 21.2 Å². The molecular formula is C13H21N3O3S. The molecule has 0 spiro atoms. The van der Waals surface area contributed by atoms with Crippen molar-refractivity contribution in [3.8, 4) is 0 Å². The molecule has 20 heavy (non-hydrogen) atoms. The van der Waals surface area contributed by atoms with E-state index in [2.05, 4.69) is 5.32 Å². The summed E-state index contributed by atoms with van der Waals surface area (Å²) in [5.41, 5.74) is 0. The molecule has 1 N–H and O–H groups in total. The largest absolute Gasteiger partial charge is 0.353 e. The van der Waals surface area contributed by atoms with Crippen molar-refractivity contribution in [3.63, 3.8) is 0 Å². The summed E-state index contributed by atoms with van der Waals surface area (Å²) in [4.78, 5) is 13.6. The van der Waals surface area contributed by atoms with Crippen molar-refractivity contribution in [2.45, 2.75) is 19.0 Å². The van der Waals surface area contributed by atoms with Crippen molar-refractivity contribution < 1.29 is 13.2 Å². The van der Waals surface area contributed by atoms with Crippen molar-refractivity contribution in [1.29, 1.82) is 0 Å². The number of sulfone groups is 1. The lowest BCUT2D eigenvalue weighted by Crippen LogP contribution is -2.41. The summed E-state index contributed by atoms with van der Waals surface area (Å²) in [7, 11) is -1.10. The highest BCUT2D eigenvalue weighted by Gasteiger charge is 2.31. The maximum atomic E-state index is 11.8. The molecule has 2 heterocycles. The molecule has 0 unspecified atom stereocenters. The van der Waals surface area contributed by atoms with E-state index in [1.807, 2.05) is 34.0 Å². The number of carbonyl (C=O) groups is 1. The molecule has 0 radical (unpaired) electrons. The summed E-state index contributed by atoms with van der Waals surface area (Å²) in [5, 5.41) is 2.85. The van der Waals surface area contributed by atoms with Gasteiger partial charge in [0, 0.05) is 31.5 Å². The van der Waals surface area contributed by atoms with Crippen molar-refractivity contribution in [2.24, 2.45) is 0 Å². The fraction of sp³-hybridized carbons (Fsp3) is 0.615. The van der Waals surface area contributed by atoms with E-state index < -0.39 is 9.84 Å². The summed E-state index contributed by atoms with van der Waals surface area (Å²) in [5.74, 6) is 0.334. The number of nitrogens with zero attached hydrogens (tertiary/aromatic N) is 2. The summed E-state index contributed by atoms with van der Waals surface area (Å²) >= 11 is 0. The van der Waals surface area contributed by atoms with Crippen molar-refractivity contribution in [3.05, 3.63) is 24.5 Å². The molecule has 7 heteroatoms. The van der Waals surface area contributed by atoms with Crippen LogP contribution in [0.4, 0.5) is 0 Å². The van der Waals surface area contributed by atoms with Gasteiger partial charge in [-0.1, -0.05) is 0 Å². The summed E-state index contributed by atoms with van der Waals surface area (Å²) in [6, 6.07) is 3.85. The first kappa shape index (κ1) is 15.1. The summed E-state index contributed by atoms with van der Waals surface area (Å²) in [6.45, 7) is 1.55. The van der Waals surface area contributed by atoms with E-state index in [0.29, 0.717) is 13.0 Å². The molecule has 112 valence electrons. The highest BCUT2D eigenvalue weighted by atomic mass is 32.2. The SMILES string of the molecule is CN(CC(=O)NCCn1cccc1)[C@@H]1CCS(=O)(=O)C1. The Morgan fingerprint density at radius 1 is 1.40 bits per heavy atom. The number of carbonyl (C=O) groups excluding carboxylic acids is 1. The molecule has 1 aliphatic rings. The number of nitrogens with one attached hydrogen (secondary N) is 1. The number of likely N-dealkylation sites (N-methyl/N-ethyl adjacent to an activating group) is 1. The van der Waals surface area contributed by atoms with Gasteiger partial charge >= 0.3 is 0 Å². The molecule has 1 atom stereocenters. The molecule has 0 bridgehead atoms. The molecule has 1 aromatic rings. The first-order valence-corrected chi connectivity index (χ1v) is 8.56. The molecule has 2 rings (SSSR count). The molecule has 1 fully saturated rings. The number of amides is 1. The highest BCUT2D eigenvalue weighted by molar-refractivity contribution is 7.91. The van der Waals surface area contributed by atoms with E-state index in [4.69, 9.17) is 0 Å². The molecule has 6 nitrogen and oxygen atoms in total. The van der Waals surface area contributed by atoms with Crippen LogP contribution in [0.3, 0.4) is 0 Å². The quantitative estimate of drug-likeness (QED) is 0.784. The lowest BCUT2D eigenvalue weighted by Gasteiger charge is -2.22. The third kappa shape index (κ3) is 4.35. The van der Waals surface area contributed by atoms with Crippen LogP contribution in [0.2, 0.25) is 0 Å². The average molecular weight is 299 g/mol. The third-order valence-electron chi connectivity index (χ3n) is 3.58. The van der Waals surface area contributed by atoms with Crippen LogP contribution < -0.4 is 5.32 Å². The van der Waals surface area contributed by atoms with E-state index in [9.17, 15) is 13.2 Å². The summed E-state index contributed by atoms with van der Waals surface area (Å²) in [6.07, 6.45) is 4.51. The lowest BCUT2D eigenvalue weighted by molar-refractivity contribution is -0.122. The fourth-order valence-electron chi connectivity index (χ4n) is 2.38. The Balaban J connectivity index is 1.69. The van der Waals surface area contributed by atoms with Crippen LogP contribution in [0, 0.1) is 0 Å².